The highest BCUT2D eigenvalue weighted by molar-refractivity contribution is 9.10. The molecule has 0 unspecified atom stereocenters. The van der Waals surface area contributed by atoms with Gasteiger partial charge in [0.2, 0.25) is 0 Å². The Morgan fingerprint density at radius 3 is 2.52 bits per heavy atom. The molecule has 21 heavy (non-hydrogen) atoms. The van der Waals surface area contributed by atoms with Crippen molar-refractivity contribution in [2.45, 2.75) is 6.54 Å². The first kappa shape index (κ1) is 16.0. The maximum absolute atomic E-state index is 12.6. The summed E-state index contributed by atoms with van der Waals surface area (Å²) in [5.74, 6) is -0.187. The van der Waals surface area contributed by atoms with E-state index >= 15 is 0 Å². The first-order valence-corrected chi connectivity index (χ1v) is 8.41. The molecule has 0 aliphatic heterocycles. The van der Waals surface area contributed by atoms with E-state index in [2.05, 4.69) is 31.9 Å². The Morgan fingerprint density at radius 2 is 1.86 bits per heavy atom. The number of nitrogens with zero attached hydrogens (tertiary/aromatic N) is 1. The smallest absolute Gasteiger partial charge is 0.257 e. The van der Waals surface area contributed by atoms with Gasteiger partial charge in [-0.15, -0.1) is 0 Å². The molecule has 0 saturated heterocycles. The standard InChI is InChI=1S/C16H15Br2NO2/c17-8-9-19(11-12-4-2-1-3-5-12)16(21)14-10-13(18)6-7-15(14)20/h1-7,10,20H,8-9,11H2. The molecular weight excluding hydrogens is 398 g/mol. The van der Waals surface area contributed by atoms with E-state index in [-0.39, 0.29) is 11.7 Å². The molecule has 5 heteroatoms. The first-order valence-electron chi connectivity index (χ1n) is 6.49. The third-order valence-electron chi connectivity index (χ3n) is 3.05. The fourth-order valence-corrected chi connectivity index (χ4v) is 2.80. The number of alkyl halides is 1. The van der Waals surface area contributed by atoms with Gasteiger partial charge in [0, 0.05) is 22.9 Å². The van der Waals surface area contributed by atoms with Crippen LogP contribution in [0.25, 0.3) is 0 Å². The van der Waals surface area contributed by atoms with Crippen molar-refractivity contribution < 1.29 is 9.90 Å². The van der Waals surface area contributed by atoms with Gasteiger partial charge in [0.1, 0.15) is 5.75 Å². The van der Waals surface area contributed by atoms with Crippen LogP contribution in [0.2, 0.25) is 0 Å². The highest BCUT2D eigenvalue weighted by Crippen LogP contribution is 2.24. The minimum absolute atomic E-state index is 0.00386. The molecule has 0 bridgehead atoms. The summed E-state index contributed by atoms with van der Waals surface area (Å²) in [4.78, 5) is 14.4. The van der Waals surface area contributed by atoms with Crippen LogP contribution < -0.4 is 0 Å². The summed E-state index contributed by atoms with van der Waals surface area (Å²) in [5.41, 5.74) is 1.36. The van der Waals surface area contributed by atoms with Gasteiger partial charge in [-0.1, -0.05) is 62.2 Å². The summed E-state index contributed by atoms with van der Waals surface area (Å²) in [5, 5.41) is 10.6. The lowest BCUT2D eigenvalue weighted by Crippen LogP contribution is -2.32. The maximum Gasteiger partial charge on any atom is 0.257 e. The number of aromatic hydroxyl groups is 1. The van der Waals surface area contributed by atoms with Crippen LogP contribution in [0, 0.1) is 0 Å². The molecule has 3 nitrogen and oxygen atoms in total. The van der Waals surface area contributed by atoms with E-state index in [1.807, 2.05) is 30.3 Å². The van der Waals surface area contributed by atoms with Crippen LogP contribution in [0.1, 0.15) is 15.9 Å². The first-order chi connectivity index (χ1) is 10.1. The van der Waals surface area contributed by atoms with E-state index in [1.54, 1.807) is 17.0 Å². The molecule has 1 amide bonds. The van der Waals surface area contributed by atoms with E-state index in [4.69, 9.17) is 0 Å². The van der Waals surface area contributed by atoms with Gasteiger partial charge < -0.3 is 10.0 Å². The van der Waals surface area contributed by atoms with E-state index in [1.165, 1.54) is 6.07 Å². The van der Waals surface area contributed by atoms with Crippen LogP contribution in [0.15, 0.2) is 53.0 Å². The summed E-state index contributed by atoms with van der Waals surface area (Å²) in [6.45, 7) is 1.08. The van der Waals surface area contributed by atoms with Crippen LogP contribution in [-0.2, 0) is 6.54 Å². The molecule has 0 aliphatic rings. The molecule has 1 N–H and O–H groups in total. The van der Waals surface area contributed by atoms with E-state index in [0.29, 0.717) is 24.0 Å². The lowest BCUT2D eigenvalue weighted by atomic mass is 10.1. The van der Waals surface area contributed by atoms with Crippen LogP contribution in [0.4, 0.5) is 0 Å². The summed E-state index contributed by atoms with van der Waals surface area (Å²) in [6, 6.07) is 14.7. The second-order valence-electron chi connectivity index (χ2n) is 4.56. The predicted molar refractivity (Wildman–Crippen MR) is 90.8 cm³/mol. The molecule has 0 fully saturated rings. The van der Waals surface area contributed by atoms with Gasteiger partial charge in [0.15, 0.2) is 0 Å². The van der Waals surface area contributed by atoms with Gasteiger partial charge in [-0.3, -0.25) is 4.79 Å². The molecular formula is C16H15Br2NO2. The second-order valence-corrected chi connectivity index (χ2v) is 6.27. The van der Waals surface area contributed by atoms with E-state index in [9.17, 15) is 9.90 Å². The Bertz CT molecular complexity index is 617. The summed E-state index contributed by atoms with van der Waals surface area (Å²) < 4.78 is 0.766. The zero-order chi connectivity index (χ0) is 15.2. The highest BCUT2D eigenvalue weighted by Gasteiger charge is 2.19. The Balaban J connectivity index is 2.25. The minimum Gasteiger partial charge on any atom is -0.507 e. The topological polar surface area (TPSA) is 40.5 Å². The largest absolute Gasteiger partial charge is 0.507 e. The number of benzene rings is 2. The molecule has 0 aromatic heterocycles. The van der Waals surface area contributed by atoms with Crippen molar-refractivity contribution in [2.24, 2.45) is 0 Å². The number of halogens is 2. The zero-order valence-corrected chi connectivity index (χ0v) is 14.5. The van der Waals surface area contributed by atoms with Crippen LogP contribution >= 0.6 is 31.9 Å². The number of amides is 1. The Morgan fingerprint density at radius 1 is 1.14 bits per heavy atom. The van der Waals surface area contributed by atoms with Gasteiger partial charge >= 0.3 is 0 Å². The van der Waals surface area contributed by atoms with Crippen LogP contribution in [-0.4, -0.2) is 27.8 Å². The van der Waals surface area contributed by atoms with Crippen molar-refractivity contribution in [3.8, 4) is 5.75 Å². The van der Waals surface area contributed by atoms with Crippen molar-refractivity contribution in [1.29, 1.82) is 0 Å². The number of phenolic OH excluding ortho intramolecular Hbond substituents is 1. The molecule has 0 spiro atoms. The van der Waals surface area contributed by atoms with Crippen LogP contribution in [0.3, 0.4) is 0 Å². The van der Waals surface area contributed by atoms with Gasteiger partial charge in [-0.2, -0.15) is 0 Å². The Labute approximate surface area is 140 Å². The number of phenols is 1. The lowest BCUT2D eigenvalue weighted by molar-refractivity contribution is 0.0751. The quantitative estimate of drug-likeness (QED) is 0.748. The molecule has 110 valence electrons. The van der Waals surface area contributed by atoms with Crippen molar-refractivity contribution >= 4 is 37.8 Å². The summed E-state index contributed by atoms with van der Waals surface area (Å²) in [6.07, 6.45) is 0. The van der Waals surface area contributed by atoms with Crippen molar-refractivity contribution in [1.82, 2.24) is 4.90 Å². The summed E-state index contributed by atoms with van der Waals surface area (Å²) in [7, 11) is 0. The zero-order valence-electron chi connectivity index (χ0n) is 11.3. The van der Waals surface area contributed by atoms with Gasteiger partial charge in [0.25, 0.3) is 5.91 Å². The molecule has 0 saturated carbocycles. The SMILES string of the molecule is O=C(c1cc(Br)ccc1O)N(CCBr)Cc1ccccc1. The molecule has 0 heterocycles. The predicted octanol–water partition coefficient (Wildman–Crippen LogP) is 4.19. The van der Waals surface area contributed by atoms with Crippen LogP contribution in [0.5, 0.6) is 5.75 Å². The molecule has 2 aromatic carbocycles. The van der Waals surface area contributed by atoms with Crippen molar-refractivity contribution in [3.63, 3.8) is 0 Å². The fraction of sp³-hybridized carbons (Fsp3) is 0.188. The Kier molecular flexibility index (Phi) is 5.82. The maximum atomic E-state index is 12.6. The number of carbonyl (C=O) groups is 1. The molecule has 0 radical (unpaired) electrons. The summed E-state index contributed by atoms with van der Waals surface area (Å²) >= 11 is 6.70. The normalized spacial score (nSPS) is 10.4. The molecule has 0 atom stereocenters. The molecule has 2 rings (SSSR count). The van der Waals surface area contributed by atoms with E-state index in [0.717, 1.165) is 10.0 Å². The second kappa shape index (κ2) is 7.61. The van der Waals surface area contributed by atoms with E-state index < -0.39 is 0 Å². The third-order valence-corrected chi connectivity index (χ3v) is 3.89. The third kappa shape index (κ3) is 4.32. The van der Waals surface area contributed by atoms with Crippen molar-refractivity contribution in [2.75, 3.05) is 11.9 Å². The minimum atomic E-state index is -0.183. The molecule has 2 aromatic rings. The van der Waals surface area contributed by atoms with Gasteiger partial charge in [-0.25, -0.2) is 0 Å². The van der Waals surface area contributed by atoms with Gasteiger partial charge in [0.05, 0.1) is 5.56 Å². The van der Waals surface area contributed by atoms with Gasteiger partial charge in [-0.05, 0) is 23.8 Å². The highest BCUT2D eigenvalue weighted by atomic mass is 79.9. The fourth-order valence-electron chi connectivity index (χ4n) is 2.01. The average Bonchev–Trinajstić information content (AvgIpc) is 2.49. The Hall–Kier alpha value is -1.33. The van der Waals surface area contributed by atoms with Crippen molar-refractivity contribution in [3.05, 3.63) is 64.1 Å². The number of rotatable bonds is 5. The molecule has 0 aliphatic carbocycles. The number of hydrogen-bond acceptors (Lipinski definition) is 2. The number of carbonyl (C=O) groups excluding carboxylic acids is 1. The monoisotopic (exact) mass is 411 g/mol. The average molecular weight is 413 g/mol. The lowest BCUT2D eigenvalue weighted by Gasteiger charge is -2.22. The number of hydrogen-bond donors (Lipinski definition) is 1.